The van der Waals surface area contributed by atoms with Gasteiger partial charge in [-0.05, 0) is 56.9 Å². The van der Waals surface area contributed by atoms with Gasteiger partial charge in [0.25, 0.3) is 0 Å². The average Bonchev–Trinajstić information content (AvgIpc) is 2.88. The monoisotopic (exact) mass is 324 g/mol. The third-order valence-corrected chi connectivity index (χ3v) is 4.02. The Balaban J connectivity index is 2.02. The Labute approximate surface area is 117 Å². The van der Waals surface area contributed by atoms with Crippen LogP contribution in [0.25, 0.3) is 0 Å². The molecule has 0 aliphatic rings. The third kappa shape index (κ3) is 2.89. The quantitative estimate of drug-likeness (QED) is 0.915. The molecule has 0 aliphatic heterocycles. The summed E-state index contributed by atoms with van der Waals surface area (Å²) < 4.78 is 14.1. The fraction of sp³-hybridized carbons (Fsp3) is 0.154. The molecule has 92 valence electrons. The minimum Gasteiger partial charge on any atom is -0.382 e. The van der Waals surface area contributed by atoms with Crippen LogP contribution in [0.5, 0.6) is 0 Å². The minimum absolute atomic E-state index is 0.213. The Bertz CT molecular complexity index is 575. The molecule has 2 rings (SSSR count). The first-order valence-electron chi connectivity index (χ1n) is 5.35. The Kier molecular flexibility index (Phi) is 4.34. The Morgan fingerprint density at radius 1 is 1.39 bits per heavy atom. The van der Waals surface area contributed by atoms with Crippen molar-refractivity contribution in [1.82, 2.24) is 0 Å². The van der Waals surface area contributed by atoms with Gasteiger partial charge in [0.1, 0.15) is 6.07 Å². The highest BCUT2D eigenvalue weighted by Crippen LogP contribution is 2.26. The molecule has 1 aromatic heterocycles. The molecule has 0 spiro atoms. The molecule has 0 radical (unpaired) electrons. The number of nitrogens with one attached hydrogen (secondary N) is 1. The van der Waals surface area contributed by atoms with Crippen molar-refractivity contribution in [1.29, 1.82) is 5.26 Å². The maximum absolute atomic E-state index is 13.9. The van der Waals surface area contributed by atoms with Crippen molar-refractivity contribution < 1.29 is 4.39 Å². The summed E-state index contributed by atoms with van der Waals surface area (Å²) in [4.78, 5) is 0. The van der Waals surface area contributed by atoms with Gasteiger partial charge >= 0.3 is 0 Å². The number of hydrogen-bond acceptors (Lipinski definition) is 3. The van der Waals surface area contributed by atoms with Crippen LogP contribution in [0.1, 0.15) is 11.1 Å². The van der Waals surface area contributed by atoms with Gasteiger partial charge in [-0.1, -0.05) is 0 Å². The van der Waals surface area contributed by atoms with Gasteiger partial charge in [-0.2, -0.15) is 16.6 Å². The van der Waals surface area contributed by atoms with Crippen LogP contribution in [0.2, 0.25) is 0 Å². The van der Waals surface area contributed by atoms with Gasteiger partial charge in [0.15, 0.2) is 5.82 Å². The minimum atomic E-state index is -0.417. The van der Waals surface area contributed by atoms with E-state index in [9.17, 15) is 4.39 Å². The van der Waals surface area contributed by atoms with Crippen molar-refractivity contribution >= 4 is 33.0 Å². The summed E-state index contributed by atoms with van der Waals surface area (Å²) in [5.41, 5.74) is 1.95. The van der Waals surface area contributed by atoms with E-state index in [1.165, 1.54) is 5.56 Å². The number of halogens is 2. The molecule has 0 unspecified atom stereocenters. The number of nitriles is 1. The van der Waals surface area contributed by atoms with E-state index < -0.39 is 5.82 Å². The van der Waals surface area contributed by atoms with E-state index in [2.05, 4.69) is 32.7 Å². The number of benzene rings is 1. The van der Waals surface area contributed by atoms with E-state index in [0.29, 0.717) is 17.8 Å². The highest BCUT2D eigenvalue weighted by molar-refractivity contribution is 9.10. The molecule has 0 atom stereocenters. The number of thiophene rings is 1. The van der Waals surface area contributed by atoms with Crippen LogP contribution < -0.4 is 5.32 Å². The summed E-state index contributed by atoms with van der Waals surface area (Å²) in [5, 5.41) is 15.9. The van der Waals surface area contributed by atoms with E-state index in [1.54, 1.807) is 23.5 Å². The zero-order valence-electron chi connectivity index (χ0n) is 9.41. The lowest BCUT2D eigenvalue weighted by atomic mass is 10.2. The Morgan fingerprint density at radius 3 is 2.89 bits per heavy atom. The largest absolute Gasteiger partial charge is 0.382 e. The first-order valence-corrected chi connectivity index (χ1v) is 7.09. The highest BCUT2D eigenvalue weighted by atomic mass is 79.9. The fourth-order valence-electron chi connectivity index (χ4n) is 1.55. The topological polar surface area (TPSA) is 35.8 Å². The van der Waals surface area contributed by atoms with Crippen LogP contribution in [0.3, 0.4) is 0 Å². The summed E-state index contributed by atoms with van der Waals surface area (Å²) in [6.07, 6.45) is 0.848. The highest BCUT2D eigenvalue weighted by Gasteiger charge is 2.10. The Morgan fingerprint density at radius 2 is 2.22 bits per heavy atom. The number of anilines is 1. The van der Waals surface area contributed by atoms with Gasteiger partial charge in [-0.3, -0.25) is 0 Å². The van der Waals surface area contributed by atoms with Gasteiger partial charge in [0, 0.05) is 6.54 Å². The lowest BCUT2D eigenvalue weighted by Gasteiger charge is -2.08. The van der Waals surface area contributed by atoms with Crippen molar-refractivity contribution in [2.45, 2.75) is 6.42 Å². The second kappa shape index (κ2) is 5.98. The van der Waals surface area contributed by atoms with Gasteiger partial charge in [-0.25, -0.2) is 4.39 Å². The van der Waals surface area contributed by atoms with Crippen molar-refractivity contribution in [3.05, 3.63) is 50.4 Å². The average molecular weight is 325 g/mol. The van der Waals surface area contributed by atoms with E-state index >= 15 is 0 Å². The van der Waals surface area contributed by atoms with Crippen LogP contribution in [0.15, 0.2) is 33.4 Å². The second-order valence-corrected chi connectivity index (χ2v) is 5.28. The number of nitrogens with zero attached hydrogens (tertiary/aromatic N) is 1. The summed E-state index contributed by atoms with van der Waals surface area (Å²) in [6, 6.07) is 7.17. The molecule has 0 bridgehead atoms. The lowest BCUT2D eigenvalue weighted by Crippen LogP contribution is -2.06. The van der Waals surface area contributed by atoms with Gasteiger partial charge in [-0.15, -0.1) is 0 Å². The van der Waals surface area contributed by atoms with Gasteiger partial charge in [0.05, 0.1) is 15.7 Å². The van der Waals surface area contributed by atoms with Crippen molar-refractivity contribution in [3.63, 3.8) is 0 Å². The van der Waals surface area contributed by atoms with Crippen LogP contribution in [-0.2, 0) is 6.42 Å². The smallest absolute Gasteiger partial charge is 0.161 e. The molecule has 0 saturated carbocycles. The molecular weight excluding hydrogens is 315 g/mol. The molecule has 1 N–H and O–H groups in total. The molecule has 1 heterocycles. The second-order valence-electron chi connectivity index (χ2n) is 3.71. The molecule has 0 amide bonds. The lowest BCUT2D eigenvalue weighted by molar-refractivity contribution is 0.623. The molecule has 5 heteroatoms. The van der Waals surface area contributed by atoms with E-state index in [0.717, 1.165) is 6.42 Å². The Hall–Kier alpha value is -1.38. The van der Waals surface area contributed by atoms with E-state index in [1.807, 2.05) is 11.4 Å². The fourth-order valence-corrected chi connectivity index (χ4v) is 2.69. The summed E-state index contributed by atoms with van der Waals surface area (Å²) in [6.45, 7) is 0.659. The van der Waals surface area contributed by atoms with Crippen LogP contribution >= 0.6 is 27.3 Å². The van der Waals surface area contributed by atoms with Crippen LogP contribution in [-0.4, -0.2) is 6.54 Å². The maximum atomic E-state index is 13.9. The summed E-state index contributed by atoms with van der Waals surface area (Å²) in [5.74, 6) is -0.417. The molecule has 2 nitrogen and oxygen atoms in total. The zero-order chi connectivity index (χ0) is 13.0. The van der Waals surface area contributed by atoms with Crippen molar-refractivity contribution in [2.75, 3.05) is 11.9 Å². The van der Waals surface area contributed by atoms with Crippen LogP contribution in [0.4, 0.5) is 10.1 Å². The molecule has 0 fully saturated rings. The van der Waals surface area contributed by atoms with Crippen molar-refractivity contribution in [2.24, 2.45) is 0 Å². The molecular formula is C13H10BrFN2S. The van der Waals surface area contributed by atoms with Crippen LogP contribution in [0, 0.1) is 17.1 Å². The maximum Gasteiger partial charge on any atom is 0.161 e. The predicted octanol–water partition coefficient (Wildman–Crippen LogP) is 4.18. The van der Waals surface area contributed by atoms with Crippen molar-refractivity contribution in [3.8, 4) is 6.07 Å². The van der Waals surface area contributed by atoms with E-state index in [-0.39, 0.29) is 4.47 Å². The van der Waals surface area contributed by atoms with Gasteiger partial charge < -0.3 is 5.32 Å². The predicted molar refractivity (Wildman–Crippen MR) is 75.3 cm³/mol. The first kappa shape index (κ1) is 13.1. The third-order valence-electron chi connectivity index (χ3n) is 2.51. The standard InChI is InChI=1S/C13H10BrFN2S/c14-12-10(7-16)1-2-11(13(12)15)17-5-3-9-4-6-18-8-9/h1-2,4,6,8,17H,3,5H2. The molecule has 18 heavy (non-hydrogen) atoms. The number of rotatable bonds is 4. The SMILES string of the molecule is N#Cc1ccc(NCCc2ccsc2)c(F)c1Br. The van der Waals surface area contributed by atoms with E-state index in [4.69, 9.17) is 5.26 Å². The van der Waals surface area contributed by atoms with Gasteiger partial charge in [0.2, 0.25) is 0 Å². The summed E-state index contributed by atoms with van der Waals surface area (Å²) in [7, 11) is 0. The summed E-state index contributed by atoms with van der Waals surface area (Å²) >= 11 is 4.74. The zero-order valence-corrected chi connectivity index (χ0v) is 11.8. The normalized spacial score (nSPS) is 10.1. The number of hydrogen-bond donors (Lipinski definition) is 1. The first-order chi connectivity index (χ1) is 8.72. The molecule has 0 aliphatic carbocycles. The molecule has 0 saturated heterocycles. The molecule has 2 aromatic rings. The molecule has 1 aromatic carbocycles.